The second-order valence-electron chi connectivity index (χ2n) is 7.52. The number of allylic oxidation sites excluding steroid dienone is 4. The third kappa shape index (κ3) is 3.26. The number of benzene rings is 2. The van der Waals surface area contributed by atoms with Crippen molar-refractivity contribution in [2.24, 2.45) is 5.92 Å². The summed E-state index contributed by atoms with van der Waals surface area (Å²) in [4.78, 5) is 26.3. The fourth-order valence-corrected chi connectivity index (χ4v) is 4.01. The van der Waals surface area contributed by atoms with Gasteiger partial charge < -0.3 is 5.32 Å². The molecule has 6 nitrogen and oxygen atoms in total. The Morgan fingerprint density at radius 3 is 2.50 bits per heavy atom. The maximum absolute atomic E-state index is 13.5. The van der Waals surface area contributed by atoms with Crippen LogP contribution in [-0.4, -0.2) is 21.5 Å². The van der Waals surface area contributed by atoms with Crippen molar-refractivity contribution in [3.63, 3.8) is 0 Å². The molecular formula is C26H18N4O2. The van der Waals surface area contributed by atoms with Gasteiger partial charge in [-0.05, 0) is 47.9 Å². The van der Waals surface area contributed by atoms with E-state index in [1.54, 1.807) is 28.9 Å². The second kappa shape index (κ2) is 7.97. The Morgan fingerprint density at radius 1 is 1.06 bits per heavy atom. The third-order valence-electron chi connectivity index (χ3n) is 5.53. The number of hydrogen-bond acceptors (Lipinski definition) is 4. The molecule has 0 saturated carbocycles. The number of amides is 1. The fraction of sp³-hybridized carbons (Fsp3) is 0.0769. The van der Waals surface area contributed by atoms with Crippen molar-refractivity contribution in [2.45, 2.75) is 6.42 Å². The number of rotatable bonds is 5. The van der Waals surface area contributed by atoms with Crippen LogP contribution >= 0.6 is 0 Å². The molecule has 1 heterocycles. The van der Waals surface area contributed by atoms with Gasteiger partial charge in [0.1, 0.15) is 5.69 Å². The molecule has 2 aliphatic carbocycles. The molecule has 2 aliphatic rings. The second-order valence-corrected chi connectivity index (χ2v) is 7.52. The first-order valence-electron chi connectivity index (χ1n) is 10.2. The molecule has 1 aromatic heterocycles. The van der Waals surface area contributed by atoms with E-state index in [1.807, 2.05) is 66.8 Å². The number of carbonyl (C=O) groups excluding carboxylic acids is 2. The van der Waals surface area contributed by atoms with Gasteiger partial charge in [-0.2, -0.15) is 10.4 Å². The highest BCUT2D eigenvalue weighted by Gasteiger charge is 2.33. The fourth-order valence-electron chi connectivity index (χ4n) is 4.01. The zero-order valence-corrected chi connectivity index (χ0v) is 17.0. The van der Waals surface area contributed by atoms with Crippen LogP contribution in [0, 0.1) is 17.2 Å². The third-order valence-corrected chi connectivity index (χ3v) is 5.53. The van der Waals surface area contributed by atoms with Gasteiger partial charge in [0.25, 0.3) is 0 Å². The first kappa shape index (κ1) is 19.5. The molecule has 0 fully saturated rings. The number of anilines is 1. The number of nitrogens with zero attached hydrogens (tertiary/aromatic N) is 3. The Kier molecular flexibility index (Phi) is 4.85. The minimum atomic E-state index is -1.51. The molecule has 0 saturated heterocycles. The number of hydrogen-bond donors (Lipinski definition) is 1. The van der Waals surface area contributed by atoms with Crippen LogP contribution in [0.2, 0.25) is 0 Å². The van der Waals surface area contributed by atoms with E-state index in [9.17, 15) is 14.9 Å². The summed E-state index contributed by atoms with van der Waals surface area (Å²) < 4.78 is 1.71. The summed E-state index contributed by atoms with van der Waals surface area (Å²) in [5.74, 6) is -2.78. The van der Waals surface area contributed by atoms with Crippen LogP contribution in [0.25, 0.3) is 17.3 Å². The molecule has 1 atom stereocenters. The molecule has 5 rings (SSSR count). The Labute approximate surface area is 184 Å². The van der Waals surface area contributed by atoms with Crippen molar-refractivity contribution in [2.75, 3.05) is 5.32 Å². The van der Waals surface area contributed by atoms with Crippen molar-refractivity contribution in [3.05, 3.63) is 101 Å². The van der Waals surface area contributed by atoms with E-state index >= 15 is 0 Å². The molecule has 154 valence electrons. The smallest absolute Gasteiger partial charge is 0.249 e. The molecule has 3 aromatic rings. The van der Waals surface area contributed by atoms with E-state index in [-0.39, 0.29) is 5.69 Å². The molecule has 0 spiro atoms. The molecule has 0 aliphatic heterocycles. The molecule has 2 aromatic carbocycles. The number of nitriles is 1. The maximum Gasteiger partial charge on any atom is 0.249 e. The van der Waals surface area contributed by atoms with Gasteiger partial charge in [-0.15, -0.1) is 0 Å². The summed E-state index contributed by atoms with van der Waals surface area (Å²) in [6, 6.07) is 20.1. The maximum atomic E-state index is 13.5. The Morgan fingerprint density at radius 2 is 1.78 bits per heavy atom. The highest BCUT2D eigenvalue weighted by molar-refractivity contribution is 6.15. The average Bonchev–Trinajstić information content (AvgIpc) is 3.38. The van der Waals surface area contributed by atoms with Gasteiger partial charge in [0.15, 0.2) is 5.92 Å². The molecule has 1 N–H and O–H groups in total. The Balaban J connectivity index is 1.61. The van der Waals surface area contributed by atoms with E-state index in [0.29, 0.717) is 17.3 Å². The molecule has 0 radical (unpaired) electrons. The minimum absolute atomic E-state index is 0.142. The quantitative estimate of drug-likeness (QED) is 0.510. The predicted molar refractivity (Wildman–Crippen MR) is 121 cm³/mol. The number of para-hydroxylation sites is 2. The van der Waals surface area contributed by atoms with Gasteiger partial charge in [-0.3, -0.25) is 9.59 Å². The summed E-state index contributed by atoms with van der Waals surface area (Å²) in [5, 5.41) is 18.4. The number of carbonyl (C=O) groups is 2. The molecule has 0 bridgehead atoms. The van der Waals surface area contributed by atoms with Gasteiger partial charge in [0.2, 0.25) is 11.7 Å². The lowest BCUT2D eigenvalue weighted by atomic mass is 9.96. The largest absolute Gasteiger partial charge is 0.325 e. The summed E-state index contributed by atoms with van der Waals surface area (Å²) in [6.07, 6.45) is 8.64. The van der Waals surface area contributed by atoms with E-state index in [2.05, 4.69) is 10.4 Å². The lowest BCUT2D eigenvalue weighted by Gasteiger charge is -2.10. The number of Topliss-reactive ketones (excluding diaryl/α,β-unsaturated/α-hetero) is 1. The Bertz CT molecular complexity index is 1460. The SMILES string of the molecule is N#CC(C(=O)Nc1ccccc1)C(=O)c1nn(-c2ccccc2)c2c1=C1CC=CC=C1C=2. The highest BCUT2D eigenvalue weighted by atomic mass is 16.2. The van der Waals surface area contributed by atoms with Crippen molar-refractivity contribution in [1.29, 1.82) is 5.26 Å². The van der Waals surface area contributed by atoms with Crippen LogP contribution in [0.4, 0.5) is 5.69 Å². The highest BCUT2D eigenvalue weighted by Crippen LogP contribution is 2.24. The normalized spacial score (nSPS) is 14.5. The monoisotopic (exact) mass is 418 g/mol. The van der Waals surface area contributed by atoms with Gasteiger partial charge >= 0.3 is 0 Å². The van der Waals surface area contributed by atoms with Crippen molar-refractivity contribution in [1.82, 2.24) is 9.78 Å². The van der Waals surface area contributed by atoms with E-state index in [0.717, 1.165) is 22.2 Å². The van der Waals surface area contributed by atoms with Crippen LogP contribution in [0.5, 0.6) is 0 Å². The molecule has 1 unspecified atom stereocenters. The van der Waals surface area contributed by atoms with Crippen molar-refractivity contribution in [3.8, 4) is 11.8 Å². The lowest BCUT2D eigenvalue weighted by molar-refractivity contribution is -0.117. The summed E-state index contributed by atoms with van der Waals surface area (Å²) in [5.41, 5.74) is 3.46. The average molecular weight is 418 g/mol. The number of fused-ring (bicyclic) bond motifs is 2. The van der Waals surface area contributed by atoms with Gasteiger partial charge in [-0.1, -0.05) is 54.6 Å². The van der Waals surface area contributed by atoms with Crippen LogP contribution < -0.4 is 15.9 Å². The van der Waals surface area contributed by atoms with Crippen LogP contribution in [-0.2, 0) is 4.79 Å². The zero-order chi connectivity index (χ0) is 22.1. The minimum Gasteiger partial charge on any atom is -0.325 e. The molecule has 32 heavy (non-hydrogen) atoms. The number of nitrogens with one attached hydrogen (secondary N) is 1. The van der Waals surface area contributed by atoms with Crippen molar-refractivity contribution >= 4 is 29.0 Å². The molecule has 1 amide bonds. The van der Waals surface area contributed by atoms with Gasteiger partial charge in [-0.25, -0.2) is 4.68 Å². The van der Waals surface area contributed by atoms with Gasteiger partial charge in [0, 0.05) is 10.9 Å². The standard InChI is InChI=1S/C26H18N4O2/c27-16-21(26(32)28-18-10-3-1-4-11-18)25(31)24-23-20-14-8-7-9-17(20)15-22(23)30(29-24)19-12-5-2-6-13-19/h1-13,15,21H,14H2,(H,28,32). The predicted octanol–water partition coefficient (Wildman–Crippen LogP) is 2.66. The first-order chi connectivity index (χ1) is 15.7. The topological polar surface area (TPSA) is 87.8 Å². The van der Waals surface area contributed by atoms with Gasteiger partial charge in [0.05, 0.1) is 17.1 Å². The number of aromatic nitrogens is 2. The summed E-state index contributed by atoms with van der Waals surface area (Å²) >= 11 is 0. The lowest BCUT2D eigenvalue weighted by Crippen LogP contribution is -2.34. The Hall–Kier alpha value is -4.50. The summed E-state index contributed by atoms with van der Waals surface area (Å²) in [6.45, 7) is 0. The molecular weight excluding hydrogens is 400 g/mol. The van der Waals surface area contributed by atoms with Crippen molar-refractivity contribution < 1.29 is 9.59 Å². The van der Waals surface area contributed by atoms with E-state index in [4.69, 9.17) is 0 Å². The zero-order valence-electron chi connectivity index (χ0n) is 17.0. The van der Waals surface area contributed by atoms with Crippen LogP contribution in [0.3, 0.4) is 0 Å². The van der Waals surface area contributed by atoms with Crippen LogP contribution in [0.15, 0.2) is 84.5 Å². The van der Waals surface area contributed by atoms with E-state index in [1.165, 1.54) is 0 Å². The summed E-state index contributed by atoms with van der Waals surface area (Å²) in [7, 11) is 0. The van der Waals surface area contributed by atoms with E-state index < -0.39 is 17.6 Å². The van der Waals surface area contributed by atoms with Crippen LogP contribution in [0.1, 0.15) is 16.9 Å². The number of ketones is 1. The molecule has 6 heteroatoms. The first-order valence-corrected chi connectivity index (χ1v) is 10.2.